The quantitative estimate of drug-likeness (QED) is 0.594. The van der Waals surface area contributed by atoms with Crippen molar-refractivity contribution >= 4 is 0 Å². The average molecular weight is 150 g/mol. The number of nitrogens with two attached hydrogens (primary N) is 1. The Bertz CT molecular complexity index is 234. The van der Waals surface area contributed by atoms with Gasteiger partial charge in [0.05, 0.1) is 0 Å². The van der Waals surface area contributed by atoms with Gasteiger partial charge in [-0.2, -0.15) is 0 Å². The summed E-state index contributed by atoms with van der Waals surface area (Å²) in [6, 6.07) is 0. The van der Waals surface area contributed by atoms with Gasteiger partial charge in [0.1, 0.15) is 5.82 Å². The molecule has 0 amide bonds. The Kier molecular flexibility index (Phi) is 2.03. The van der Waals surface area contributed by atoms with Crippen molar-refractivity contribution in [3.8, 4) is 0 Å². The first-order chi connectivity index (χ1) is 5.09. The molecule has 0 fully saturated rings. The first kappa shape index (κ1) is 7.92. The van der Waals surface area contributed by atoms with Crippen LogP contribution in [0.1, 0.15) is 13.8 Å². The zero-order valence-electron chi connectivity index (χ0n) is 7.02. The fraction of sp³-hybridized carbons (Fsp3) is 0.333. The van der Waals surface area contributed by atoms with Crippen molar-refractivity contribution in [1.82, 2.24) is 5.32 Å². The molecular weight excluding hydrogens is 136 g/mol. The van der Waals surface area contributed by atoms with Gasteiger partial charge in [0.25, 0.3) is 0 Å². The van der Waals surface area contributed by atoms with Gasteiger partial charge in [-0.1, -0.05) is 20.4 Å². The molecule has 0 radical (unpaired) electrons. The summed E-state index contributed by atoms with van der Waals surface area (Å²) < 4.78 is 0. The van der Waals surface area contributed by atoms with E-state index in [1.807, 2.05) is 12.2 Å². The van der Waals surface area contributed by atoms with Crippen LogP contribution in [0.2, 0.25) is 0 Å². The maximum absolute atomic E-state index is 5.60. The van der Waals surface area contributed by atoms with Crippen LogP contribution in [0, 0.1) is 5.92 Å². The molecule has 0 saturated carbocycles. The summed E-state index contributed by atoms with van der Waals surface area (Å²) in [5, 5.41) is 2.93. The molecule has 0 spiro atoms. The molecule has 1 aliphatic heterocycles. The van der Waals surface area contributed by atoms with Gasteiger partial charge in [0, 0.05) is 5.70 Å². The smallest absolute Gasteiger partial charge is 0.101 e. The number of hydrogen-bond donors (Lipinski definition) is 2. The molecular formula is C9H14N2. The molecule has 2 nitrogen and oxygen atoms in total. The largest absolute Gasteiger partial charge is 0.385 e. The lowest BCUT2D eigenvalue weighted by Crippen LogP contribution is -2.21. The molecule has 0 atom stereocenters. The highest BCUT2D eigenvalue weighted by atomic mass is 15.0. The van der Waals surface area contributed by atoms with Crippen molar-refractivity contribution in [2.45, 2.75) is 13.8 Å². The Morgan fingerprint density at radius 1 is 1.45 bits per heavy atom. The molecule has 0 bridgehead atoms. The Morgan fingerprint density at radius 2 is 2.09 bits per heavy atom. The first-order valence-electron chi connectivity index (χ1n) is 3.74. The minimum atomic E-state index is 0.507. The molecule has 2 heteroatoms. The predicted octanol–water partition coefficient (Wildman–Crippen LogP) is 1.49. The second-order valence-corrected chi connectivity index (χ2v) is 3.05. The van der Waals surface area contributed by atoms with Crippen molar-refractivity contribution in [3.05, 3.63) is 35.8 Å². The monoisotopic (exact) mass is 150 g/mol. The first-order valence-corrected chi connectivity index (χ1v) is 3.74. The van der Waals surface area contributed by atoms with Gasteiger partial charge >= 0.3 is 0 Å². The Labute approximate surface area is 67.5 Å². The van der Waals surface area contributed by atoms with E-state index >= 15 is 0 Å². The summed E-state index contributed by atoms with van der Waals surface area (Å²) in [5.74, 6) is 1.19. The topological polar surface area (TPSA) is 38.0 Å². The van der Waals surface area contributed by atoms with Crippen molar-refractivity contribution in [2.24, 2.45) is 11.7 Å². The zero-order valence-corrected chi connectivity index (χ0v) is 7.02. The van der Waals surface area contributed by atoms with E-state index in [2.05, 4.69) is 25.7 Å². The van der Waals surface area contributed by atoms with Crippen molar-refractivity contribution in [2.75, 3.05) is 0 Å². The second-order valence-electron chi connectivity index (χ2n) is 3.05. The van der Waals surface area contributed by atoms with Crippen LogP contribution < -0.4 is 11.1 Å². The third-order valence-electron chi connectivity index (χ3n) is 1.63. The summed E-state index contributed by atoms with van der Waals surface area (Å²) in [6.07, 6.45) is 3.96. The highest BCUT2D eigenvalue weighted by Crippen LogP contribution is 2.16. The molecule has 60 valence electrons. The normalized spacial score (nSPS) is 17.5. The van der Waals surface area contributed by atoms with Crippen LogP contribution in [0.3, 0.4) is 0 Å². The predicted molar refractivity (Wildman–Crippen MR) is 47.5 cm³/mol. The number of hydrogen-bond acceptors (Lipinski definition) is 2. The average Bonchev–Trinajstić information content (AvgIpc) is 1.85. The fourth-order valence-electron chi connectivity index (χ4n) is 1.01. The van der Waals surface area contributed by atoms with E-state index in [4.69, 9.17) is 5.73 Å². The summed E-state index contributed by atoms with van der Waals surface area (Å²) in [7, 11) is 0. The van der Waals surface area contributed by atoms with Gasteiger partial charge in [-0.25, -0.2) is 0 Å². The van der Waals surface area contributed by atoms with Gasteiger partial charge in [0.15, 0.2) is 0 Å². The second kappa shape index (κ2) is 2.82. The van der Waals surface area contributed by atoms with Gasteiger partial charge < -0.3 is 11.1 Å². The maximum Gasteiger partial charge on any atom is 0.101 e. The molecule has 0 aromatic rings. The molecule has 0 aromatic carbocycles. The Hall–Kier alpha value is -1.18. The molecule has 3 N–H and O–H groups in total. The standard InChI is InChI=1S/C9H14N2/c1-6(2)8-4-7(3)11-9(10)5-8/h4-6,11H,3,10H2,1-2H3. The molecule has 1 heterocycles. The summed E-state index contributed by atoms with van der Waals surface area (Å²) in [6.45, 7) is 8.06. The molecule has 0 saturated heterocycles. The fourth-order valence-corrected chi connectivity index (χ4v) is 1.01. The van der Waals surface area contributed by atoms with E-state index in [1.165, 1.54) is 5.57 Å². The zero-order chi connectivity index (χ0) is 8.43. The molecule has 0 aromatic heterocycles. The van der Waals surface area contributed by atoms with E-state index in [1.54, 1.807) is 0 Å². The maximum atomic E-state index is 5.60. The minimum Gasteiger partial charge on any atom is -0.385 e. The molecule has 11 heavy (non-hydrogen) atoms. The van der Waals surface area contributed by atoms with E-state index in [0.717, 1.165) is 5.70 Å². The Morgan fingerprint density at radius 3 is 2.55 bits per heavy atom. The van der Waals surface area contributed by atoms with E-state index < -0.39 is 0 Å². The molecule has 1 rings (SSSR count). The van der Waals surface area contributed by atoms with Gasteiger partial charge in [-0.05, 0) is 23.6 Å². The van der Waals surface area contributed by atoms with Gasteiger partial charge in [-0.15, -0.1) is 0 Å². The van der Waals surface area contributed by atoms with Crippen LogP contribution in [0.4, 0.5) is 0 Å². The van der Waals surface area contributed by atoms with Crippen molar-refractivity contribution in [1.29, 1.82) is 0 Å². The van der Waals surface area contributed by atoms with E-state index in [9.17, 15) is 0 Å². The summed E-state index contributed by atoms with van der Waals surface area (Å²) in [5.41, 5.74) is 7.70. The van der Waals surface area contributed by atoms with Crippen molar-refractivity contribution in [3.63, 3.8) is 0 Å². The number of dihydropyridines is 1. The number of rotatable bonds is 1. The third-order valence-corrected chi connectivity index (χ3v) is 1.63. The lowest BCUT2D eigenvalue weighted by molar-refractivity contribution is 0.772. The molecule has 0 aliphatic carbocycles. The molecule has 0 unspecified atom stereocenters. The highest BCUT2D eigenvalue weighted by molar-refractivity contribution is 5.36. The van der Waals surface area contributed by atoms with Gasteiger partial charge in [0.2, 0.25) is 0 Å². The lowest BCUT2D eigenvalue weighted by Gasteiger charge is -2.16. The Balaban J connectivity index is 2.87. The van der Waals surface area contributed by atoms with E-state index in [0.29, 0.717) is 11.7 Å². The summed E-state index contributed by atoms with van der Waals surface area (Å²) >= 11 is 0. The third kappa shape index (κ3) is 1.87. The SMILES string of the molecule is C=C1C=C(C(C)C)C=C(N)N1. The van der Waals surface area contributed by atoms with Crippen LogP contribution in [0.25, 0.3) is 0 Å². The summed E-state index contributed by atoms with van der Waals surface area (Å²) in [4.78, 5) is 0. The van der Waals surface area contributed by atoms with Crippen LogP contribution >= 0.6 is 0 Å². The lowest BCUT2D eigenvalue weighted by atomic mass is 10.0. The van der Waals surface area contributed by atoms with E-state index in [-0.39, 0.29) is 0 Å². The van der Waals surface area contributed by atoms with Crippen LogP contribution in [-0.4, -0.2) is 0 Å². The van der Waals surface area contributed by atoms with Crippen molar-refractivity contribution < 1.29 is 0 Å². The van der Waals surface area contributed by atoms with Crippen LogP contribution in [0.15, 0.2) is 35.8 Å². The minimum absolute atomic E-state index is 0.507. The van der Waals surface area contributed by atoms with Crippen LogP contribution in [0.5, 0.6) is 0 Å². The van der Waals surface area contributed by atoms with Crippen LogP contribution in [-0.2, 0) is 0 Å². The number of allylic oxidation sites excluding steroid dienone is 3. The van der Waals surface area contributed by atoms with Gasteiger partial charge in [-0.3, -0.25) is 0 Å². The highest BCUT2D eigenvalue weighted by Gasteiger charge is 2.06. The number of nitrogens with one attached hydrogen (secondary N) is 1. The molecule has 1 aliphatic rings.